The summed E-state index contributed by atoms with van der Waals surface area (Å²) in [6, 6.07) is 19.3. The minimum absolute atomic E-state index is 0.0989. The number of hydrogen-bond donors (Lipinski definition) is 0. The van der Waals surface area contributed by atoms with Crippen LogP contribution < -0.4 is 9.47 Å². The van der Waals surface area contributed by atoms with Gasteiger partial charge >= 0.3 is 0 Å². The first-order valence-corrected chi connectivity index (χ1v) is 11.2. The summed E-state index contributed by atoms with van der Waals surface area (Å²) in [6.07, 6.45) is 1.99. The number of rotatable bonds is 8. The standard InChI is InChI=1S/C25H25N3O3S/c1-4-31-22-15-18(12-13-21(22)30-3)25(29)27(2)16-19-17-28(20-9-6-5-7-10-20)26-24(19)23-11-8-14-32-23/h5-15,17H,4,16H2,1-3H3. The molecule has 0 unspecified atom stereocenters. The molecule has 0 aliphatic rings. The number of methoxy groups -OCH3 is 1. The van der Waals surface area contributed by atoms with Gasteiger partial charge in [0.15, 0.2) is 11.5 Å². The Morgan fingerprint density at radius 1 is 1.09 bits per heavy atom. The van der Waals surface area contributed by atoms with Crippen LogP contribution in [-0.4, -0.2) is 41.4 Å². The molecule has 2 aromatic heterocycles. The van der Waals surface area contributed by atoms with E-state index in [4.69, 9.17) is 14.6 Å². The second-order valence-electron chi connectivity index (χ2n) is 7.22. The molecule has 0 aliphatic carbocycles. The molecule has 2 aromatic carbocycles. The number of nitrogens with zero attached hydrogens (tertiary/aromatic N) is 3. The molecule has 0 saturated heterocycles. The molecule has 0 aliphatic heterocycles. The molecule has 0 atom stereocenters. The molecule has 0 saturated carbocycles. The molecule has 164 valence electrons. The highest BCUT2D eigenvalue weighted by Crippen LogP contribution is 2.30. The molecule has 0 bridgehead atoms. The Morgan fingerprint density at radius 3 is 2.59 bits per heavy atom. The van der Waals surface area contributed by atoms with Gasteiger partial charge in [0.1, 0.15) is 5.69 Å². The minimum atomic E-state index is -0.0989. The summed E-state index contributed by atoms with van der Waals surface area (Å²) in [5.74, 6) is 1.07. The number of hydrogen-bond acceptors (Lipinski definition) is 5. The van der Waals surface area contributed by atoms with E-state index < -0.39 is 0 Å². The van der Waals surface area contributed by atoms with Crippen molar-refractivity contribution in [1.82, 2.24) is 14.7 Å². The van der Waals surface area contributed by atoms with Crippen LogP contribution >= 0.6 is 11.3 Å². The van der Waals surface area contributed by atoms with Crippen molar-refractivity contribution in [2.45, 2.75) is 13.5 Å². The van der Waals surface area contributed by atoms with Gasteiger partial charge in [-0.1, -0.05) is 24.3 Å². The first kappa shape index (κ1) is 21.6. The predicted octanol–water partition coefficient (Wildman–Crippen LogP) is 5.28. The Hall–Kier alpha value is -3.58. The van der Waals surface area contributed by atoms with Gasteiger partial charge in [0.05, 0.1) is 24.3 Å². The van der Waals surface area contributed by atoms with E-state index in [9.17, 15) is 4.79 Å². The number of benzene rings is 2. The maximum atomic E-state index is 13.2. The third-order valence-electron chi connectivity index (χ3n) is 5.03. The van der Waals surface area contributed by atoms with Gasteiger partial charge in [0, 0.05) is 30.9 Å². The third-order valence-corrected chi connectivity index (χ3v) is 5.91. The van der Waals surface area contributed by atoms with Gasteiger partial charge in [0.25, 0.3) is 5.91 Å². The van der Waals surface area contributed by atoms with Gasteiger partial charge in [-0.3, -0.25) is 4.79 Å². The maximum absolute atomic E-state index is 13.2. The number of amides is 1. The fourth-order valence-electron chi connectivity index (χ4n) is 3.48. The third kappa shape index (κ3) is 4.53. The van der Waals surface area contributed by atoms with Crippen LogP contribution in [0.1, 0.15) is 22.8 Å². The zero-order valence-corrected chi connectivity index (χ0v) is 19.1. The van der Waals surface area contributed by atoms with Crippen molar-refractivity contribution in [3.8, 4) is 27.8 Å². The average Bonchev–Trinajstić information content (AvgIpc) is 3.49. The summed E-state index contributed by atoms with van der Waals surface area (Å²) in [7, 11) is 3.38. The van der Waals surface area contributed by atoms with E-state index in [1.807, 2.05) is 65.6 Å². The molecular formula is C25H25N3O3S. The lowest BCUT2D eigenvalue weighted by Gasteiger charge is -2.18. The van der Waals surface area contributed by atoms with Crippen LogP contribution in [0.25, 0.3) is 16.3 Å². The van der Waals surface area contributed by atoms with Crippen molar-refractivity contribution >= 4 is 17.2 Å². The van der Waals surface area contributed by atoms with Crippen molar-refractivity contribution in [2.24, 2.45) is 0 Å². The molecule has 4 rings (SSSR count). The van der Waals surface area contributed by atoms with Gasteiger partial charge in [-0.2, -0.15) is 5.10 Å². The molecule has 6 nitrogen and oxygen atoms in total. The van der Waals surface area contributed by atoms with E-state index >= 15 is 0 Å². The Balaban J connectivity index is 1.63. The van der Waals surface area contributed by atoms with Crippen molar-refractivity contribution in [3.63, 3.8) is 0 Å². The van der Waals surface area contributed by atoms with E-state index in [2.05, 4.69) is 0 Å². The smallest absolute Gasteiger partial charge is 0.254 e. The zero-order valence-electron chi connectivity index (χ0n) is 18.3. The fraction of sp³-hybridized carbons (Fsp3) is 0.200. The molecule has 4 aromatic rings. The topological polar surface area (TPSA) is 56.6 Å². The fourth-order valence-corrected chi connectivity index (χ4v) is 4.23. The summed E-state index contributed by atoms with van der Waals surface area (Å²) in [6.45, 7) is 2.82. The molecular weight excluding hydrogens is 422 g/mol. The van der Waals surface area contributed by atoms with Crippen LogP contribution in [0.2, 0.25) is 0 Å². The first-order valence-electron chi connectivity index (χ1n) is 10.3. The number of para-hydroxylation sites is 1. The predicted molar refractivity (Wildman–Crippen MR) is 127 cm³/mol. The van der Waals surface area contributed by atoms with Crippen LogP contribution in [0, 0.1) is 0 Å². The Bertz CT molecular complexity index is 1190. The molecule has 0 spiro atoms. The van der Waals surface area contributed by atoms with Crippen LogP contribution in [0.3, 0.4) is 0 Å². The number of ether oxygens (including phenoxy) is 2. The molecule has 0 N–H and O–H groups in total. The lowest BCUT2D eigenvalue weighted by atomic mass is 10.1. The van der Waals surface area contributed by atoms with Crippen LogP contribution in [0.5, 0.6) is 11.5 Å². The van der Waals surface area contributed by atoms with Gasteiger partial charge in [-0.25, -0.2) is 4.68 Å². The van der Waals surface area contributed by atoms with E-state index in [1.54, 1.807) is 48.6 Å². The van der Waals surface area contributed by atoms with E-state index in [0.717, 1.165) is 21.8 Å². The molecule has 0 fully saturated rings. The first-order chi connectivity index (χ1) is 15.6. The van der Waals surface area contributed by atoms with E-state index in [-0.39, 0.29) is 5.91 Å². The van der Waals surface area contributed by atoms with Crippen molar-refractivity contribution < 1.29 is 14.3 Å². The Morgan fingerprint density at radius 2 is 1.91 bits per heavy atom. The quantitative estimate of drug-likeness (QED) is 0.369. The molecule has 0 radical (unpaired) electrons. The SMILES string of the molecule is CCOc1cc(C(=O)N(C)Cc2cn(-c3ccccc3)nc2-c2cccs2)ccc1OC. The highest BCUT2D eigenvalue weighted by Gasteiger charge is 2.19. The minimum Gasteiger partial charge on any atom is -0.493 e. The van der Waals surface area contributed by atoms with E-state index in [1.165, 1.54) is 0 Å². The normalized spacial score (nSPS) is 10.7. The number of carbonyl (C=O) groups excluding carboxylic acids is 1. The Kier molecular flexibility index (Phi) is 6.56. The average molecular weight is 448 g/mol. The van der Waals surface area contributed by atoms with Crippen LogP contribution in [-0.2, 0) is 6.54 Å². The van der Waals surface area contributed by atoms with Crippen molar-refractivity contribution in [1.29, 1.82) is 0 Å². The van der Waals surface area contributed by atoms with Gasteiger partial charge < -0.3 is 14.4 Å². The number of carbonyl (C=O) groups is 1. The largest absolute Gasteiger partial charge is 0.493 e. The monoisotopic (exact) mass is 447 g/mol. The van der Waals surface area contributed by atoms with Gasteiger partial charge in [0.2, 0.25) is 0 Å². The summed E-state index contributed by atoms with van der Waals surface area (Å²) in [4.78, 5) is 15.9. The van der Waals surface area contributed by atoms with Crippen molar-refractivity contribution in [2.75, 3.05) is 20.8 Å². The lowest BCUT2D eigenvalue weighted by Crippen LogP contribution is -2.26. The zero-order chi connectivity index (χ0) is 22.5. The van der Waals surface area contributed by atoms with Crippen LogP contribution in [0.4, 0.5) is 0 Å². The van der Waals surface area contributed by atoms with E-state index in [0.29, 0.717) is 30.2 Å². The van der Waals surface area contributed by atoms with Gasteiger partial charge in [-0.05, 0) is 48.7 Å². The highest BCUT2D eigenvalue weighted by molar-refractivity contribution is 7.13. The molecule has 7 heteroatoms. The Labute approximate surface area is 191 Å². The van der Waals surface area contributed by atoms with Gasteiger partial charge in [-0.15, -0.1) is 11.3 Å². The number of thiophene rings is 1. The molecule has 32 heavy (non-hydrogen) atoms. The molecule has 2 heterocycles. The second-order valence-corrected chi connectivity index (χ2v) is 8.17. The maximum Gasteiger partial charge on any atom is 0.254 e. The summed E-state index contributed by atoms with van der Waals surface area (Å²) in [5.41, 5.74) is 3.38. The van der Waals surface area contributed by atoms with Crippen molar-refractivity contribution in [3.05, 3.63) is 83.4 Å². The number of aromatic nitrogens is 2. The lowest BCUT2D eigenvalue weighted by molar-refractivity contribution is 0.0785. The summed E-state index contributed by atoms with van der Waals surface area (Å²) < 4.78 is 12.8. The summed E-state index contributed by atoms with van der Waals surface area (Å²) >= 11 is 1.63. The van der Waals surface area contributed by atoms with Crippen LogP contribution in [0.15, 0.2) is 72.2 Å². The summed E-state index contributed by atoms with van der Waals surface area (Å²) in [5, 5.41) is 6.85. The highest BCUT2D eigenvalue weighted by atomic mass is 32.1. The molecule has 1 amide bonds. The second kappa shape index (κ2) is 9.70.